The molecule has 154 valence electrons. The molecule has 30 heavy (non-hydrogen) atoms. The molecule has 3 aromatic rings. The minimum atomic E-state index is -0.0847. The standard InChI is InChI=1S/C23H21ClN2O3S/c1-25(13-16-4-10-19(24)11-5-16)22(28)17-6-8-18(9-7-17)23-26(21(27)15-30-23)14-20-3-2-12-29-20/h2-12,23H,13-15H2,1H3. The Morgan fingerprint density at radius 3 is 2.57 bits per heavy atom. The van der Waals surface area contributed by atoms with Gasteiger partial charge in [-0.05, 0) is 47.5 Å². The molecule has 1 aliphatic rings. The van der Waals surface area contributed by atoms with Gasteiger partial charge in [-0.2, -0.15) is 0 Å². The molecule has 1 unspecified atom stereocenters. The summed E-state index contributed by atoms with van der Waals surface area (Å²) >= 11 is 7.51. The van der Waals surface area contributed by atoms with Gasteiger partial charge in [-0.3, -0.25) is 9.59 Å². The molecule has 4 rings (SSSR count). The number of carbonyl (C=O) groups is 2. The Balaban J connectivity index is 1.44. The Morgan fingerprint density at radius 1 is 1.17 bits per heavy atom. The van der Waals surface area contributed by atoms with Crippen LogP contribution >= 0.6 is 23.4 Å². The maximum atomic E-state index is 12.8. The third kappa shape index (κ3) is 4.55. The van der Waals surface area contributed by atoms with Crippen LogP contribution in [0, 0.1) is 0 Å². The summed E-state index contributed by atoms with van der Waals surface area (Å²) in [5.41, 5.74) is 2.62. The fourth-order valence-corrected chi connectivity index (χ4v) is 4.73. The molecular formula is C23H21ClN2O3S. The summed E-state index contributed by atoms with van der Waals surface area (Å²) in [4.78, 5) is 28.6. The van der Waals surface area contributed by atoms with E-state index >= 15 is 0 Å². The van der Waals surface area contributed by atoms with E-state index in [0.29, 0.717) is 29.4 Å². The zero-order valence-corrected chi connectivity index (χ0v) is 18.0. The molecule has 5 nitrogen and oxygen atoms in total. The second kappa shape index (κ2) is 8.98. The van der Waals surface area contributed by atoms with Crippen molar-refractivity contribution in [1.29, 1.82) is 0 Å². The van der Waals surface area contributed by atoms with Gasteiger partial charge < -0.3 is 14.2 Å². The first-order valence-corrected chi connectivity index (χ1v) is 11.0. The van der Waals surface area contributed by atoms with Crippen LogP contribution in [0.4, 0.5) is 0 Å². The Kier molecular flexibility index (Phi) is 6.16. The molecule has 1 aliphatic heterocycles. The van der Waals surface area contributed by atoms with Crippen molar-refractivity contribution < 1.29 is 14.0 Å². The van der Waals surface area contributed by atoms with E-state index in [1.165, 1.54) is 0 Å². The number of amides is 2. The van der Waals surface area contributed by atoms with Crippen LogP contribution in [0.25, 0.3) is 0 Å². The van der Waals surface area contributed by atoms with Crippen LogP contribution in [0.1, 0.15) is 32.6 Å². The molecule has 1 saturated heterocycles. The number of rotatable bonds is 6. The lowest BCUT2D eigenvalue weighted by Crippen LogP contribution is -2.28. The largest absolute Gasteiger partial charge is 0.467 e. The predicted molar refractivity (Wildman–Crippen MR) is 118 cm³/mol. The summed E-state index contributed by atoms with van der Waals surface area (Å²) in [6.07, 6.45) is 1.61. The second-order valence-electron chi connectivity index (χ2n) is 7.17. The van der Waals surface area contributed by atoms with Gasteiger partial charge in [-0.15, -0.1) is 11.8 Å². The first-order chi connectivity index (χ1) is 14.5. The number of halogens is 1. The minimum absolute atomic E-state index is 0.0564. The summed E-state index contributed by atoms with van der Waals surface area (Å²) in [6, 6.07) is 18.6. The van der Waals surface area contributed by atoms with Crippen molar-refractivity contribution in [3.63, 3.8) is 0 Å². The molecule has 2 aromatic carbocycles. The van der Waals surface area contributed by atoms with E-state index in [4.69, 9.17) is 16.0 Å². The van der Waals surface area contributed by atoms with Crippen molar-refractivity contribution in [2.45, 2.75) is 18.5 Å². The highest BCUT2D eigenvalue weighted by molar-refractivity contribution is 8.00. The molecule has 0 spiro atoms. The molecule has 2 amide bonds. The van der Waals surface area contributed by atoms with E-state index in [2.05, 4.69) is 0 Å². The van der Waals surface area contributed by atoms with Crippen molar-refractivity contribution >= 4 is 35.2 Å². The predicted octanol–water partition coefficient (Wildman–Crippen LogP) is 4.98. The van der Waals surface area contributed by atoms with Gasteiger partial charge in [0.05, 0.1) is 18.6 Å². The van der Waals surface area contributed by atoms with Crippen LogP contribution in [0.5, 0.6) is 0 Å². The summed E-state index contributed by atoms with van der Waals surface area (Å²) in [5.74, 6) is 1.23. The molecule has 1 fully saturated rings. The molecule has 0 saturated carbocycles. The highest BCUT2D eigenvalue weighted by atomic mass is 35.5. The van der Waals surface area contributed by atoms with Gasteiger partial charge in [0, 0.05) is 24.2 Å². The van der Waals surface area contributed by atoms with E-state index in [-0.39, 0.29) is 17.2 Å². The van der Waals surface area contributed by atoms with Gasteiger partial charge >= 0.3 is 0 Å². The topological polar surface area (TPSA) is 53.8 Å². The molecular weight excluding hydrogens is 420 g/mol. The first-order valence-electron chi connectivity index (χ1n) is 9.54. The smallest absolute Gasteiger partial charge is 0.253 e. The number of hydrogen-bond acceptors (Lipinski definition) is 4. The fraction of sp³-hybridized carbons (Fsp3) is 0.217. The molecule has 1 atom stereocenters. The van der Waals surface area contributed by atoms with Gasteiger partial charge in [-0.1, -0.05) is 35.9 Å². The number of thioether (sulfide) groups is 1. The maximum Gasteiger partial charge on any atom is 0.253 e. The Hall–Kier alpha value is -2.70. The molecule has 0 radical (unpaired) electrons. The van der Waals surface area contributed by atoms with Crippen LogP contribution in [-0.2, 0) is 17.9 Å². The maximum absolute atomic E-state index is 12.8. The van der Waals surface area contributed by atoms with Crippen LogP contribution in [0.15, 0.2) is 71.3 Å². The minimum Gasteiger partial charge on any atom is -0.467 e. The third-order valence-corrected chi connectivity index (χ3v) is 6.50. The van der Waals surface area contributed by atoms with Crippen LogP contribution in [-0.4, -0.2) is 34.4 Å². The average molecular weight is 441 g/mol. The van der Waals surface area contributed by atoms with E-state index in [1.807, 2.05) is 65.6 Å². The Labute approximate surface area is 184 Å². The van der Waals surface area contributed by atoms with Gasteiger partial charge in [-0.25, -0.2) is 0 Å². The number of nitrogens with zero attached hydrogens (tertiary/aromatic N) is 2. The summed E-state index contributed by atoms with van der Waals surface area (Å²) < 4.78 is 5.40. The monoisotopic (exact) mass is 440 g/mol. The SMILES string of the molecule is CN(Cc1ccc(Cl)cc1)C(=O)c1ccc(C2SCC(=O)N2Cc2ccco2)cc1. The number of hydrogen-bond donors (Lipinski definition) is 0. The Bertz CT molecular complexity index is 1020. The summed E-state index contributed by atoms with van der Waals surface area (Å²) in [7, 11) is 1.78. The van der Waals surface area contributed by atoms with Crippen LogP contribution in [0.2, 0.25) is 5.02 Å². The number of benzene rings is 2. The molecule has 0 bridgehead atoms. The van der Waals surface area contributed by atoms with Crippen molar-refractivity contribution in [3.05, 3.63) is 94.4 Å². The normalized spacial score (nSPS) is 16.1. The molecule has 7 heteroatoms. The molecule has 0 N–H and O–H groups in total. The zero-order chi connectivity index (χ0) is 21.1. The molecule has 0 aliphatic carbocycles. The lowest BCUT2D eigenvalue weighted by molar-refractivity contribution is -0.128. The Morgan fingerprint density at radius 2 is 1.90 bits per heavy atom. The highest BCUT2D eigenvalue weighted by Crippen LogP contribution is 2.39. The van der Waals surface area contributed by atoms with Crippen molar-refractivity contribution in [1.82, 2.24) is 9.80 Å². The van der Waals surface area contributed by atoms with Gasteiger partial charge in [0.25, 0.3) is 5.91 Å². The van der Waals surface area contributed by atoms with E-state index in [1.54, 1.807) is 30.0 Å². The number of carbonyl (C=O) groups excluding carboxylic acids is 2. The van der Waals surface area contributed by atoms with E-state index in [9.17, 15) is 9.59 Å². The van der Waals surface area contributed by atoms with E-state index < -0.39 is 0 Å². The van der Waals surface area contributed by atoms with E-state index in [0.717, 1.165) is 16.9 Å². The van der Waals surface area contributed by atoms with Gasteiger partial charge in [0.15, 0.2) is 0 Å². The first kappa shape index (κ1) is 20.6. The quantitative estimate of drug-likeness (QED) is 0.542. The van der Waals surface area contributed by atoms with Crippen molar-refractivity contribution in [2.75, 3.05) is 12.8 Å². The number of furan rings is 1. The molecule has 2 heterocycles. The van der Waals surface area contributed by atoms with Gasteiger partial charge in [0.2, 0.25) is 5.91 Å². The summed E-state index contributed by atoms with van der Waals surface area (Å²) in [6.45, 7) is 0.940. The fourth-order valence-electron chi connectivity index (χ4n) is 3.42. The summed E-state index contributed by atoms with van der Waals surface area (Å²) in [5, 5.41) is 0.589. The molecule has 1 aromatic heterocycles. The third-order valence-electron chi connectivity index (χ3n) is 5.00. The highest BCUT2D eigenvalue weighted by Gasteiger charge is 2.33. The van der Waals surface area contributed by atoms with Crippen molar-refractivity contribution in [2.24, 2.45) is 0 Å². The van der Waals surface area contributed by atoms with Crippen LogP contribution in [0.3, 0.4) is 0 Å². The van der Waals surface area contributed by atoms with Crippen LogP contribution < -0.4 is 0 Å². The lowest BCUT2D eigenvalue weighted by Gasteiger charge is -2.23. The zero-order valence-electron chi connectivity index (χ0n) is 16.5. The van der Waals surface area contributed by atoms with Crippen molar-refractivity contribution in [3.8, 4) is 0 Å². The average Bonchev–Trinajstić information content (AvgIpc) is 3.40. The van der Waals surface area contributed by atoms with Gasteiger partial charge in [0.1, 0.15) is 11.1 Å². The second-order valence-corrected chi connectivity index (χ2v) is 8.68. The lowest BCUT2D eigenvalue weighted by atomic mass is 10.1.